The highest BCUT2D eigenvalue weighted by molar-refractivity contribution is 7.80. The third-order valence-corrected chi connectivity index (χ3v) is 2.17. The lowest BCUT2D eigenvalue weighted by molar-refractivity contribution is 0.145. The van der Waals surface area contributed by atoms with Crippen LogP contribution in [0.3, 0.4) is 0 Å². The average Bonchev–Trinajstić information content (AvgIpc) is 2.79. The first-order chi connectivity index (χ1) is 7.83. The van der Waals surface area contributed by atoms with E-state index in [2.05, 4.69) is 15.8 Å². The van der Waals surface area contributed by atoms with Crippen LogP contribution >= 0.6 is 12.2 Å². The lowest BCUT2D eigenvalue weighted by atomic mass is 10.4. The van der Waals surface area contributed by atoms with Gasteiger partial charge in [-0.1, -0.05) is 5.16 Å². The Kier molecular flexibility index (Phi) is 6.52. The molecule has 0 unspecified atom stereocenters. The molecule has 0 aromatic carbocycles. The molecule has 6 heteroatoms. The van der Waals surface area contributed by atoms with E-state index in [1.54, 1.807) is 6.07 Å². The fourth-order valence-electron chi connectivity index (χ4n) is 1.08. The minimum absolute atomic E-state index is 0.577. The predicted octanol–water partition coefficient (Wildman–Crippen LogP) is 1.07. The van der Waals surface area contributed by atoms with Gasteiger partial charge >= 0.3 is 0 Å². The Morgan fingerprint density at radius 1 is 1.56 bits per heavy atom. The van der Waals surface area contributed by atoms with Crippen molar-refractivity contribution in [1.82, 2.24) is 15.8 Å². The minimum atomic E-state index is 0.577. The molecule has 0 atom stereocenters. The molecule has 0 aliphatic heterocycles. The molecular formula is C10H17N3O2S. The van der Waals surface area contributed by atoms with Crippen LogP contribution in [-0.2, 0) is 11.3 Å². The Labute approximate surface area is 101 Å². The predicted molar refractivity (Wildman–Crippen MR) is 65.1 cm³/mol. The van der Waals surface area contributed by atoms with Gasteiger partial charge in [0, 0.05) is 25.8 Å². The number of ether oxygens (including phenoxy) is 1. The Morgan fingerprint density at radius 3 is 3.12 bits per heavy atom. The third-order valence-electron chi connectivity index (χ3n) is 1.88. The molecule has 0 saturated heterocycles. The van der Waals surface area contributed by atoms with Crippen molar-refractivity contribution in [3.05, 3.63) is 18.0 Å². The molecule has 1 aromatic rings. The molecule has 0 radical (unpaired) electrons. The summed E-state index contributed by atoms with van der Waals surface area (Å²) in [5.41, 5.74) is 0.832. The number of rotatable bonds is 7. The van der Waals surface area contributed by atoms with E-state index in [9.17, 15) is 0 Å². The van der Waals surface area contributed by atoms with E-state index in [1.807, 2.05) is 6.92 Å². The first-order valence-electron chi connectivity index (χ1n) is 5.31. The van der Waals surface area contributed by atoms with E-state index in [0.29, 0.717) is 11.7 Å². The van der Waals surface area contributed by atoms with Crippen molar-refractivity contribution in [3.63, 3.8) is 0 Å². The number of hydrogen-bond acceptors (Lipinski definition) is 4. The summed E-state index contributed by atoms with van der Waals surface area (Å²) in [6.45, 7) is 4.89. The van der Waals surface area contributed by atoms with Crippen LogP contribution in [0.15, 0.2) is 16.9 Å². The highest BCUT2D eigenvalue weighted by Crippen LogP contribution is 1.92. The van der Waals surface area contributed by atoms with Gasteiger partial charge in [-0.15, -0.1) is 0 Å². The second-order valence-corrected chi connectivity index (χ2v) is 3.56. The van der Waals surface area contributed by atoms with E-state index in [4.69, 9.17) is 21.5 Å². The summed E-state index contributed by atoms with van der Waals surface area (Å²) >= 11 is 5.08. The number of aromatic nitrogens is 1. The van der Waals surface area contributed by atoms with Gasteiger partial charge in [-0.3, -0.25) is 0 Å². The third kappa shape index (κ3) is 5.67. The van der Waals surface area contributed by atoms with Gasteiger partial charge in [-0.2, -0.15) is 0 Å². The van der Waals surface area contributed by atoms with E-state index >= 15 is 0 Å². The quantitative estimate of drug-likeness (QED) is 0.552. The van der Waals surface area contributed by atoms with Crippen LogP contribution in [0.4, 0.5) is 0 Å². The average molecular weight is 243 g/mol. The van der Waals surface area contributed by atoms with Gasteiger partial charge in [0.25, 0.3) is 0 Å². The molecule has 0 aliphatic carbocycles. The lowest BCUT2D eigenvalue weighted by Gasteiger charge is -2.08. The zero-order valence-electron chi connectivity index (χ0n) is 9.36. The molecule has 1 rings (SSSR count). The summed E-state index contributed by atoms with van der Waals surface area (Å²) in [6, 6.07) is 1.80. The van der Waals surface area contributed by atoms with Gasteiger partial charge in [-0.25, -0.2) is 0 Å². The highest BCUT2D eigenvalue weighted by Gasteiger charge is 1.98. The highest BCUT2D eigenvalue weighted by atomic mass is 32.1. The Hall–Kier alpha value is -1.14. The molecule has 90 valence electrons. The standard InChI is InChI=1S/C10H17N3O2S/c1-2-14-6-3-5-11-10(16)12-8-9-4-7-15-13-9/h4,7H,2-3,5-6,8H2,1H3,(H2,11,12,16). The van der Waals surface area contributed by atoms with Crippen LogP contribution in [0.25, 0.3) is 0 Å². The summed E-state index contributed by atoms with van der Waals surface area (Å²) in [6.07, 6.45) is 2.48. The van der Waals surface area contributed by atoms with Gasteiger partial charge in [0.05, 0.1) is 6.54 Å². The van der Waals surface area contributed by atoms with Gasteiger partial charge in [0.1, 0.15) is 12.0 Å². The maximum atomic E-state index is 5.21. The van der Waals surface area contributed by atoms with E-state index < -0.39 is 0 Å². The number of nitrogens with zero attached hydrogens (tertiary/aromatic N) is 1. The fraction of sp³-hybridized carbons (Fsp3) is 0.600. The van der Waals surface area contributed by atoms with Crippen molar-refractivity contribution in [3.8, 4) is 0 Å². The summed E-state index contributed by atoms with van der Waals surface area (Å²) in [4.78, 5) is 0. The monoisotopic (exact) mass is 243 g/mol. The largest absolute Gasteiger partial charge is 0.382 e. The lowest BCUT2D eigenvalue weighted by Crippen LogP contribution is -2.35. The van der Waals surface area contributed by atoms with Crippen molar-refractivity contribution in [2.24, 2.45) is 0 Å². The summed E-state index contributed by atoms with van der Waals surface area (Å²) < 4.78 is 9.91. The molecule has 0 aliphatic rings. The molecule has 1 aromatic heterocycles. The number of hydrogen-bond donors (Lipinski definition) is 2. The van der Waals surface area contributed by atoms with Crippen molar-refractivity contribution >= 4 is 17.3 Å². The maximum Gasteiger partial charge on any atom is 0.166 e. The molecule has 1 heterocycles. The fourth-order valence-corrected chi connectivity index (χ4v) is 1.26. The van der Waals surface area contributed by atoms with Gasteiger partial charge in [0.2, 0.25) is 0 Å². The molecule has 0 amide bonds. The number of thiocarbonyl (C=S) groups is 1. The number of nitrogens with one attached hydrogen (secondary N) is 2. The summed E-state index contributed by atoms with van der Waals surface area (Å²) in [7, 11) is 0. The second kappa shape index (κ2) is 8.06. The summed E-state index contributed by atoms with van der Waals surface area (Å²) in [5, 5.41) is 10.5. The smallest absolute Gasteiger partial charge is 0.166 e. The molecule has 16 heavy (non-hydrogen) atoms. The van der Waals surface area contributed by atoms with Crippen LogP contribution in [0.2, 0.25) is 0 Å². The van der Waals surface area contributed by atoms with E-state index in [-0.39, 0.29) is 0 Å². The topological polar surface area (TPSA) is 59.3 Å². The molecule has 0 bridgehead atoms. The zero-order valence-corrected chi connectivity index (χ0v) is 10.2. The van der Waals surface area contributed by atoms with E-state index in [0.717, 1.165) is 31.9 Å². The first kappa shape index (κ1) is 12.9. The van der Waals surface area contributed by atoms with Crippen LogP contribution in [0, 0.1) is 0 Å². The second-order valence-electron chi connectivity index (χ2n) is 3.15. The molecule has 0 fully saturated rings. The Morgan fingerprint density at radius 2 is 2.44 bits per heavy atom. The van der Waals surface area contributed by atoms with Crippen molar-refractivity contribution < 1.29 is 9.26 Å². The molecular weight excluding hydrogens is 226 g/mol. The SMILES string of the molecule is CCOCCCNC(=S)NCc1ccon1. The summed E-state index contributed by atoms with van der Waals surface area (Å²) in [5.74, 6) is 0. The minimum Gasteiger partial charge on any atom is -0.382 e. The normalized spacial score (nSPS) is 10.1. The first-order valence-corrected chi connectivity index (χ1v) is 5.72. The van der Waals surface area contributed by atoms with Crippen molar-refractivity contribution in [2.45, 2.75) is 19.9 Å². The van der Waals surface area contributed by atoms with Gasteiger partial charge in [0.15, 0.2) is 5.11 Å². The molecule has 2 N–H and O–H groups in total. The van der Waals surface area contributed by atoms with E-state index in [1.165, 1.54) is 6.26 Å². The van der Waals surface area contributed by atoms with Crippen LogP contribution in [-0.4, -0.2) is 30.0 Å². The van der Waals surface area contributed by atoms with Crippen molar-refractivity contribution in [1.29, 1.82) is 0 Å². The molecule has 5 nitrogen and oxygen atoms in total. The zero-order chi connectivity index (χ0) is 11.6. The van der Waals surface area contributed by atoms with Crippen molar-refractivity contribution in [2.75, 3.05) is 19.8 Å². The van der Waals surface area contributed by atoms with Crippen LogP contribution in [0.1, 0.15) is 19.0 Å². The van der Waals surface area contributed by atoms with Crippen LogP contribution in [0.5, 0.6) is 0 Å². The van der Waals surface area contributed by atoms with Gasteiger partial charge in [-0.05, 0) is 25.6 Å². The van der Waals surface area contributed by atoms with Crippen LogP contribution < -0.4 is 10.6 Å². The Bertz CT molecular complexity index is 290. The van der Waals surface area contributed by atoms with Gasteiger partial charge < -0.3 is 19.9 Å². The molecule has 0 spiro atoms. The maximum absolute atomic E-state index is 5.21. The molecule has 0 saturated carbocycles. The Balaban J connectivity index is 1.99.